The summed E-state index contributed by atoms with van der Waals surface area (Å²) < 4.78 is 4.71. The van der Waals surface area contributed by atoms with Gasteiger partial charge in [-0.05, 0) is 17.7 Å². The van der Waals surface area contributed by atoms with Crippen molar-refractivity contribution in [2.45, 2.75) is 39.2 Å². The number of nitro benzene ring substituents is 1. The lowest BCUT2D eigenvalue weighted by Gasteiger charge is -2.04. The van der Waals surface area contributed by atoms with E-state index in [4.69, 9.17) is 4.74 Å². The Balaban J connectivity index is 2.29. The van der Waals surface area contributed by atoms with E-state index in [0.29, 0.717) is 6.54 Å². The molecule has 0 spiro atoms. The van der Waals surface area contributed by atoms with E-state index >= 15 is 0 Å². The van der Waals surface area contributed by atoms with Crippen molar-refractivity contribution in [3.05, 3.63) is 33.9 Å². The molecule has 9 heteroatoms. The lowest BCUT2D eigenvalue weighted by atomic mass is 10.1. The number of non-ortho nitro benzene ring substituents is 1. The molecule has 1 aromatic carbocycles. The van der Waals surface area contributed by atoms with E-state index < -0.39 is 10.9 Å². The minimum atomic E-state index is -0.612. The molecule has 0 fully saturated rings. The number of tetrazole rings is 1. The van der Waals surface area contributed by atoms with Crippen LogP contribution in [0.15, 0.2) is 18.2 Å². The minimum Gasteiger partial charge on any atom is -0.465 e. The summed E-state index contributed by atoms with van der Waals surface area (Å²) in [4.78, 5) is 23.7. The first kappa shape index (κ1) is 17.5. The third-order valence-corrected chi connectivity index (χ3v) is 3.52. The highest BCUT2D eigenvalue weighted by Gasteiger charge is 2.21. The summed E-state index contributed by atoms with van der Waals surface area (Å²) in [5, 5.41) is 23.1. The molecule has 0 atom stereocenters. The van der Waals surface area contributed by atoms with Crippen molar-refractivity contribution in [3.63, 3.8) is 0 Å². The number of aromatic nitrogens is 4. The van der Waals surface area contributed by atoms with E-state index in [1.165, 1.54) is 30.1 Å². The van der Waals surface area contributed by atoms with Crippen LogP contribution in [0, 0.1) is 10.1 Å². The Labute approximate surface area is 138 Å². The van der Waals surface area contributed by atoms with Crippen molar-refractivity contribution in [2.75, 3.05) is 7.11 Å². The second kappa shape index (κ2) is 8.14. The van der Waals surface area contributed by atoms with Gasteiger partial charge < -0.3 is 4.74 Å². The largest absolute Gasteiger partial charge is 0.465 e. The molecule has 0 aliphatic heterocycles. The number of rotatable bonds is 8. The monoisotopic (exact) mass is 333 g/mol. The minimum absolute atomic E-state index is 0.156. The summed E-state index contributed by atoms with van der Waals surface area (Å²) in [6.07, 6.45) is 4.26. The van der Waals surface area contributed by atoms with Gasteiger partial charge in [0.05, 0.1) is 24.1 Å². The third-order valence-electron chi connectivity index (χ3n) is 3.52. The molecule has 0 saturated carbocycles. The first-order valence-electron chi connectivity index (χ1n) is 7.71. The number of benzene rings is 1. The number of esters is 1. The van der Waals surface area contributed by atoms with Gasteiger partial charge in [-0.3, -0.25) is 10.1 Å². The Morgan fingerprint density at radius 3 is 2.79 bits per heavy atom. The number of aryl methyl sites for hydroxylation is 1. The molecule has 0 aliphatic carbocycles. The molecule has 2 aromatic rings. The number of carbonyl (C=O) groups excluding carboxylic acids is 1. The molecule has 0 amide bonds. The van der Waals surface area contributed by atoms with Crippen LogP contribution in [0.25, 0.3) is 11.4 Å². The second-order valence-electron chi connectivity index (χ2n) is 5.25. The van der Waals surface area contributed by atoms with Crippen LogP contribution in [0.1, 0.15) is 43.0 Å². The maximum absolute atomic E-state index is 11.9. The standard InChI is InChI=1S/C15H19N5O4/c1-3-4-5-6-9-19-17-14(16-18-19)13-10-11(20(22)23)7-8-12(13)15(21)24-2/h7-8,10H,3-6,9H2,1-2H3. The zero-order valence-electron chi connectivity index (χ0n) is 13.6. The average Bonchev–Trinajstić information content (AvgIpc) is 3.06. The lowest BCUT2D eigenvalue weighted by molar-refractivity contribution is -0.384. The van der Waals surface area contributed by atoms with Crippen molar-refractivity contribution >= 4 is 11.7 Å². The van der Waals surface area contributed by atoms with Gasteiger partial charge in [-0.25, -0.2) is 4.79 Å². The Bertz CT molecular complexity index is 728. The van der Waals surface area contributed by atoms with Gasteiger partial charge in [0.15, 0.2) is 0 Å². The van der Waals surface area contributed by atoms with Crippen LogP contribution in [-0.2, 0) is 11.3 Å². The number of hydrogen-bond acceptors (Lipinski definition) is 7. The van der Waals surface area contributed by atoms with Crippen LogP contribution in [0.5, 0.6) is 0 Å². The Morgan fingerprint density at radius 2 is 2.12 bits per heavy atom. The smallest absolute Gasteiger partial charge is 0.338 e. The number of unbranched alkanes of at least 4 members (excludes halogenated alkanes) is 3. The highest BCUT2D eigenvalue weighted by molar-refractivity contribution is 5.96. The van der Waals surface area contributed by atoms with Crippen molar-refractivity contribution in [3.8, 4) is 11.4 Å². The molecule has 0 saturated heterocycles. The molecular formula is C15H19N5O4. The SMILES string of the molecule is CCCCCCn1nnc(-c2cc([N+](=O)[O-])ccc2C(=O)OC)n1. The summed E-state index contributed by atoms with van der Waals surface area (Å²) >= 11 is 0. The topological polar surface area (TPSA) is 113 Å². The van der Waals surface area contributed by atoms with Crippen molar-refractivity contribution in [1.82, 2.24) is 20.2 Å². The Hall–Kier alpha value is -2.84. The zero-order chi connectivity index (χ0) is 17.5. The number of ether oxygens (including phenoxy) is 1. The van der Waals surface area contributed by atoms with Gasteiger partial charge in [0, 0.05) is 17.7 Å². The van der Waals surface area contributed by atoms with Gasteiger partial charge in [-0.1, -0.05) is 26.2 Å². The molecule has 0 N–H and O–H groups in total. The van der Waals surface area contributed by atoms with Crippen LogP contribution in [0.4, 0.5) is 5.69 Å². The summed E-state index contributed by atoms with van der Waals surface area (Å²) in [7, 11) is 1.24. The Kier molecular flexibility index (Phi) is 5.94. The fourth-order valence-corrected chi connectivity index (χ4v) is 2.24. The Morgan fingerprint density at radius 1 is 1.33 bits per heavy atom. The first-order chi connectivity index (χ1) is 11.6. The van der Waals surface area contributed by atoms with E-state index in [1.54, 1.807) is 0 Å². The predicted molar refractivity (Wildman–Crippen MR) is 85.4 cm³/mol. The van der Waals surface area contributed by atoms with E-state index in [2.05, 4.69) is 22.3 Å². The molecule has 1 heterocycles. The molecule has 2 rings (SSSR count). The molecule has 0 aliphatic rings. The van der Waals surface area contributed by atoms with Gasteiger partial charge in [0.1, 0.15) is 0 Å². The molecule has 128 valence electrons. The van der Waals surface area contributed by atoms with Crippen molar-refractivity contribution in [2.24, 2.45) is 0 Å². The van der Waals surface area contributed by atoms with Crippen LogP contribution in [0.3, 0.4) is 0 Å². The van der Waals surface area contributed by atoms with Crippen LogP contribution in [-0.4, -0.2) is 38.2 Å². The number of nitro groups is 1. The van der Waals surface area contributed by atoms with Crippen LogP contribution in [0.2, 0.25) is 0 Å². The number of nitrogens with zero attached hydrogens (tertiary/aromatic N) is 5. The number of hydrogen-bond donors (Lipinski definition) is 0. The quantitative estimate of drug-likeness (QED) is 0.316. The molecule has 1 aromatic heterocycles. The van der Waals surface area contributed by atoms with Gasteiger partial charge in [0.25, 0.3) is 5.69 Å². The van der Waals surface area contributed by atoms with Crippen molar-refractivity contribution < 1.29 is 14.5 Å². The van der Waals surface area contributed by atoms with E-state index in [9.17, 15) is 14.9 Å². The van der Waals surface area contributed by atoms with Crippen LogP contribution >= 0.6 is 0 Å². The molecule has 0 bridgehead atoms. The maximum atomic E-state index is 11.9. The molecular weight excluding hydrogens is 314 g/mol. The van der Waals surface area contributed by atoms with Crippen LogP contribution < -0.4 is 0 Å². The maximum Gasteiger partial charge on any atom is 0.338 e. The number of carbonyl (C=O) groups is 1. The summed E-state index contributed by atoms with van der Waals surface area (Å²) in [6.45, 7) is 2.73. The summed E-state index contributed by atoms with van der Waals surface area (Å²) in [6, 6.07) is 3.83. The van der Waals surface area contributed by atoms with E-state index in [1.807, 2.05) is 0 Å². The van der Waals surface area contributed by atoms with E-state index in [-0.39, 0.29) is 22.6 Å². The van der Waals surface area contributed by atoms with E-state index in [0.717, 1.165) is 25.7 Å². The summed E-state index contributed by atoms with van der Waals surface area (Å²) in [5.74, 6) is -0.450. The fraction of sp³-hybridized carbons (Fsp3) is 0.467. The molecule has 24 heavy (non-hydrogen) atoms. The first-order valence-corrected chi connectivity index (χ1v) is 7.71. The van der Waals surface area contributed by atoms with Crippen molar-refractivity contribution in [1.29, 1.82) is 0 Å². The van der Waals surface area contributed by atoms with Gasteiger partial charge in [-0.2, -0.15) is 4.80 Å². The fourth-order valence-electron chi connectivity index (χ4n) is 2.24. The average molecular weight is 333 g/mol. The van der Waals surface area contributed by atoms with Gasteiger partial charge in [-0.15, -0.1) is 10.2 Å². The second-order valence-corrected chi connectivity index (χ2v) is 5.25. The molecule has 0 unspecified atom stereocenters. The lowest BCUT2D eigenvalue weighted by Crippen LogP contribution is -2.05. The number of methoxy groups -OCH3 is 1. The highest BCUT2D eigenvalue weighted by Crippen LogP contribution is 2.25. The summed E-state index contributed by atoms with van der Waals surface area (Å²) in [5.41, 5.74) is 0.237. The van der Waals surface area contributed by atoms with Gasteiger partial charge in [0.2, 0.25) is 5.82 Å². The molecule has 0 radical (unpaired) electrons. The highest BCUT2D eigenvalue weighted by atomic mass is 16.6. The molecule has 9 nitrogen and oxygen atoms in total. The third kappa shape index (κ3) is 4.12. The van der Waals surface area contributed by atoms with Gasteiger partial charge >= 0.3 is 5.97 Å². The normalized spacial score (nSPS) is 10.6. The predicted octanol–water partition coefficient (Wildman–Crippen LogP) is 2.62. The zero-order valence-corrected chi connectivity index (χ0v) is 13.6.